The van der Waals surface area contributed by atoms with Crippen molar-refractivity contribution in [3.8, 4) is 6.07 Å². The number of hydrogen-bond donors (Lipinski definition) is 0. The van der Waals surface area contributed by atoms with Gasteiger partial charge in [0.15, 0.2) is 9.84 Å². The Kier molecular flexibility index (Phi) is 4.30. The van der Waals surface area contributed by atoms with Gasteiger partial charge in [-0.3, -0.25) is 4.79 Å². The first-order chi connectivity index (χ1) is 10.2. The molecule has 0 N–H and O–H groups in total. The number of carbonyl (C=O) groups excluding carboxylic acids is 1. The van der Waals surface area contributed by atoms with Gasteiger partial charge in [-0.05, 0) is 57.9 Å². The van der Waals surface area contributed by atoms with Crippen LogP contribution in [0.3, 0.4) is 0 Å². The Morgan fingerprint density at radius 2 is 1.82 bits per heavy atom. The number of amides is 1. The van der Waals surface area contributed by atoms with Crippen molar-refractivity contribution in [1.82, 2.24) is 0 Å². The summed E-state index contributed by atoms with van der Waals surface area (Å²) in [5, 5.41) is 8.83. The molecule has 1 aromatic carbocycles. The maximum absolute atomic E-state index is 12.5. The quantitative estimate of drug-likeness (QED) is 0.852. The number of benzene rings is 1. The summed E-state index contributed by atoms with van der Waals surface area (Å²) in [5.41, 5.74) is 1.16. The minimum atomic E-state index is -3.51. The molecule has 1 fully saturated rings. The van der Waals surface area contributed by atoms with Gasteiger partial charge in [-0.1, -0.05) is 0 Å². The second-order valence-corrected chi connectivity index (χ2v) is 9.27. The lowest BCUT2D eigenvalue weighted by Gasteiger charge is -2.25. The molecule has 2 rings (SSSR count). The Morgan fingerprint density at radius 1 is 1.27 bits per heavy atom. The van der Waals surface area contributed by atoms with Gasteiger partial charge in [0, 0.05) is 11.7 Å². The van der Waals surface area contributed by atoms with E-state index in [1.54, 1.807) is 49.9 Å². The molecular weight excluding hydrogens is 300 g/mol. The molecule has 0 radical (unpaired) electrons. The average molecular weight is 320 g/mol. The normalized spacial score (nSPS) is 15.2. The highest BCUT2D eigenvalue weighted by atomic mass is 32.2. The Hall–Kier alpha value is -1.87. The molecule has 0 unspecified atom stereocenters. The largest absolute Gasteiger partial charge is 0.308 e. The third kappa shape index (κ3) is 3.47. The van der Waals surface area contributed by atoms with Crippen LogP contribution >= 0.6 is 0 Å². The Labute approximate surface area is 131 Å². The van der Waals surface area contributed by atoms with E-state index in [1.807, 2.05) is 6.07 Å². The summed E-state index contributed by atoms with van der Waals surface area (Å²) < 4.78 is 23.5. The zero-order chi connectivity index (χ0) is 16.5. The fraction of sp³-hybridized carbons (Fsp3) is 0.500. The highest BCUT2D eigenvalue weighted by molar-refractivity contribution is 7.93. The van der Waals surface area contributed by atoms with Crippen LogP contribution in [0.5, 0.6) is 0 Å². The summed E-state index contributed by atoms with van der Waals surface area (Å²) in [6.45, 7) is 4.79. The molecule has 0 aliphatic heterocycles. The Morgan fingerprint density at radius 3 is 2.23 bits per heavy atom. The first-order valence-corrected chi connectivity index (χ1v) is 8.85. The molecule has 1 aromatic rings. The van der Waals surface area contributed by atoms with E-state index < -0.39 is 26.2 Å². The van der Waals surface area contributed by atoms with Crippen molar-refractivity contribution < 1.29 is 13.2 Å². The van der Waals surface area contributed by atoms with Crippen LogP contribution in [-0.4, -0.2) is 30.9 Å². The minimum absolute atomic E-state index is 0.0654. The van der Waals surface area contributed by atoms with E-state index in [4.69, 9.17) is 5.26 Å². The summed E-state index contributed by atoms with van der Waals surface area (Å²) >= 11 is 0. The van der Waals surface area contributed by atoms with Crippen LogP contribution in [0.25, 0.3) is 0 Å². The first kappa shape index (κ1) is 16.5. The van der Waals surface area contributed by atoms with Gasteiger partial charge in [0.05, 0.1) is 16.4 Å². The molecule has 6 heteroatoms. The van der Waals surface area contributed by atoms with Crippen LogP contribution in [0.2, 0.25) is 0 Å². The summed E-state index contributed by atoms with van der Waals surface area (Å²) in [7, 11) is -3.51. The maximum Gasteiger partial charge on any atom is 0.242 e. The number of sulfone groups is 1. The molecule has 1 amide bonds. The van der Waals surface area contributed by atoms with Gasteiger partial charge in [-0.25, -0.2) is 8.42 Å². The van der Waals surface area contributed by atoms with Crippen molar-refractivity contribution >= 4 is 21.4 Å². The monoisotopic (exact) mass is 320 g/mol. The molecule has 1 aliphatic rings. The van der Waals surface area contributed by atoms with E-state index in [2.05, 4.69) is 0 Å². The molecule has 118 valence electrons. The topological polar surface area (TPSA) is 78.2 Å². The Balaban J connectivity index is 2.25. The molecule has 22 heavy (non-hydrogen) atoms. The highest BCUT2D eigenvalue weighted by Gasteiger charge is 2.38. The van der Waals surface area contributed by atoms with Crippen LogP contribution in [0.4, 0.5) is 5.69 Å². The van der Waals surface area contributed by atoms with Crippen molar-refractivity contribution in [3.63, 3.8) is 0 Å². The van der Waals surface area contributed by atoms with Crippen molar-refractivity contribution in [2.75, 3.05) is 10.7 Å². The van der Waals surface area contributed by atoms with Gasteiger partial charge in [0.25, 0.3) is 0 Å². The smallest absolute Gasteiger partial charge is 0.242 e. The lowest BCUT2D eigenvalue weighted by Crippen LogP contribution is -2.42. The average Bonchev–Trinajstić information content (AvgIpc) is 3.22. The number of anilines is 1. The van der Waals surface area contributed by atoms with Gasteiger partial charge in [0.2, 0.25) is 5.91 Å². The van der Waals surface area contributed by atoms with E-state index in [-0.39, 0.29) is 6.04 Å². The molecule has 5 nitrogen and oxygen atoms in total. The fourth-order valence-electron chi connectivity index (χ4n) is 2.04. The van der Waals surface area contributed by atoms with Crippen LogP contribution in [0, 0.1) is 11.3 Å². The number of hydrogen-bond acceptors (Lipinski definition) is 4. The standard InChI is InChI=1S/C16H20N2O3S/c1-16(2,3)22(20,21)11-15(19)18(14-8-9-14)13-6-4-12(10-17)5-7-13/h4-7,14H,8-9,11H2,1-3H3. The summed E-state index contributed by atoms with van der Waals surface area (Å²) in [5.74, 6) is -0.894. The van der Waals surface area contributed by atoms with Crippen LogP contribution in [0.1, 0.15) is 39.2 Å². The molecule has 1 aliphatic carbocycles. The van der Waals surface area contributed by atoms with E-state index in [1.165, 1.54) is 0 Å². The maximum atomic E-state index is 12.5. The van der Waals surface area contributed by atoms with Crippen molar-refractivity contribution in [1.29, 1.82) is 5.26 Å². The van der Waals surface area contributed by atoms with Gasteiger partial charge >= 0.3 is 0 Å². The van der Waals surface area contributed by atoms with Gasteiger partial charge in [-0.15, -0.1) is 0 Å². The molecular formula is C16H20N2O3S. The number of nitriles is 1. The van der Waals surface area contributed by atoms with E-state index >= 15 is 0 Å². The lowest BCUT2D eigenvalue weighted by molar-refractivity contribution is -0.116. The number of nitrogens with zero attached hydrogens (tertiary/aromatic N) is 2. The summed E-state index contributed by atoms with van der Waals surface area (Å²) in [6, 6.07) is 8.75. The molecule has 0 aromatic heterocycles. The first-order valence-electron chi connectivity index (χ1n) is 7.20. The number of carbonyl (C=O) groups is 1. The zero-order valence-corrected chi connectivity index (χ0v) is 13.9. The Bertz CT molecular complexity index is 705. The molecule has 0 saturated heterocycles. The van der Waals surface area contributed by atoms with Gasteiger partial charge < -0.3 is 4.90 Å². The SMILES string of the molecule is CC(C)(C)S(=O)(=O)CC(=O)N(c1ccc(C#N)cc1)C1CC1. The minimum Gasteiger partial charge on any atom is -0.308 e. The van der Waals surface area contributed by atoms with Gasteiger partial charge in [-0.2, -0.15) is 5.26 Å². The highest BCUT2D eigenvalue weighted by Crippen LogP contribution is 2.32. The van der Waals surface area contributed by atoms with Crippen LogP contribution in [-0.2, 0) is 14.6 Å². The molecule has 0 heterocycles. The summed E-state index contributed by atoms with van der Waals surface area (Å²) in [4.78, 5) is 14.1. The number of rotatable bonds is 4. The lowest BCUT2D eigenvalue weighted by atomic mass is 10.2. The van der Waals surface area contributed by atoms with Crippen LogP contribution in [0.15, 0.2) is 24.3 Å². The van der Waals surface area contributed by atoms with Crippen LogP contribution < -0.4 is 4.90 Å². The van der Waals surface area contributed by atoms with E-state index in [9.17, 15) is 13.2 Å². The van der Waals surface area contributed by atoms with Crippen molar-refractivity contribution in [2.24, 2.45) is 0 Å². The molecule has 0 atom stereocenters. The molecule has 0 bridgehead atoms. The fourth-order valence-corrected chi connectivity index (χ4v) is 2.93. The third-order valence-electron chi connectivity index (χ3n) is 3.70. The second kappa shape index (κ2) is 5.73. The molecule has 0 spiro atoms. The van der Waals surface area contributed by atoms with Crippen molar-refractivity contribution in [3.05, 3.63) is 29.8 Å². The van der Waals surface area contributed by atoms with E-state index in [0.29, 0.717) is 11.3 Å². The van der Waals surface area contributed by atoms with Gasteiger partial charge in [0.1, 0.15) is 5.75 Å². The second-order valence-electron chi connectivity index (χ2n) is 6.53. The van der Waals surface area contributed by atoms with Crippen molar-refractivity contribution in [2.45, 2.75) is 44.4 Å². The predicted molar refractivity (Wildman–Crippen MR) is 85.2 cm³/mol. The summed E-state index contributed by atoms with van der Waals surface area (Å²) in [6.07, 6.45) is 1.75. The zero-order valence-electron chi connectivity index (χ0n) is 13.0. The predicted octanol–water partition coefficient (Wildman–Crippen LogP) is 2.27. The van der Waals surface area contributed by atoms with E-state index in [0.717, 1.165) is 12.8 Å². The third-order valence-corrected chi connectivity index (χ3v) is 6.19. The molecule has 1 saturated carbocycles.